The molecule has 0 unspecified atom stereocenters. The van der Waals surface area contributed by atoms with Crippen LogP contribution in [0.2, 0.25) is 10.0 Å². The molecule has 5 rings (SSSR count). The molecule has 0 fully saturated rings. The number of halogens is 2. The third-order valence-electron chi connectivity index (χ3n) is 6.36. The molecule has 0 radical (unpaired) electrons. The standard InChI is InChI=1S/C34H26Cl2N4O3S2/c1-21-31(22-8-4-2-5-9-22)40-34(45-21)39-30(41)20-44-27-16-14-26(15-17-27)37-33(43)29(18-24-12-13-25(35)19-28(24)36)38-32(42)23-10-6-3-7-11-23/h2-19H,20H2,1H3,(H,37,43)(H,38,42)(H,39,40,41)/b29-18-. The van der Waals surface area contributed by atoms with Crippen molar-refractivity contribution in [2.24, 2.45) is 0 Å². The van der Waals surface area contributed by atoms with Gasteiger partial charge in [-0.15, -0.1) is 23.1 Å². The van der Waals surface area contributed by atoms with E-state index in [0.29, 0.717) is 32.0 Å². The summed E-state index contributed by atoms with van der Waals surface area (Å²) in [4.78, 5) is 45.3. The first-order valence-electron chi connectivity index (χ1n) is 13.7. The monoisotopic (exact) mass is 672 g/mol. The minimum Gasteiger partial charge on any atom is -0.321 e. The van der Waals surface area contributed by atoms with Crippen LogP contribution in [0.1, 0.15) is 20.8 Å². The van der Waals surface area contributed by atoms with Crippen molar-refractivity contribution in [3.8, 4) is 11.3 Å². The van der Waals surface area contributed by atoms with Crippen molar-refractivity contribution in [3.05, 3.63) is 135 Å². The molecule has 0 spiro atoms. The Labute approximate surface area is 278 Å². The van der Waals surface area contributed by atoms with Crippen molar-refractivity contribution in [1.82, 2.24) is 10.3 Å². The van der Waals surface area contributed by atoms with E-state index in [4.69, 9.17) is 23.2 Å². The molecule has 0 saturated carbocycles. The third kappa shape index (κ3) is 8.83. The maximum Gasteiger partial charge on any atom is 0.272 e. The van der Waals surface area contributed by atoms with Gasteiger partial charge in [0, 0.05) is 36.6 Å². The van der Waals surface area contributed by atoms with Crippen molar-refractivity contribution in [3.63, 3.8) is 0 Å². The van der Waals surface area contributed by atoms with E-state index in [0.717, 1.165) is 21.0 Å². The van der Waals surface area contributed by atoms with Crippen LogP contribution in [-0.2, 0) is 9.59 Å². The van der Waals surface area contributed by atoms with Crippen LogP contribution in [0, 0.1) is 6.92 Å². The second-order valence-electron chi connectivity index (χ2n) is 9.65. The number of aromatic nitrogens is 1. The fraction of sp³-hybridized carbons (Fsp3) is 0.0588. The molecular weight excluding hydrogens is 647 g/mol. The van der Waals surface area contributed by atoms with Gasteiger partial charge in [-0.05, 0) is 67.1 Å². The lowest BCUT2D eigenvalue weighted by molar-refractivity contribution is -0.114. The molecule has 0 bridgehead atoms. The lowest BCUT2D eigenvalue weighted by Crippen LogP contribution is -2.30. The topological polar surface area (TPSA) is 100 Å². The number of hydrogen-bond donors (Lipinski definition) is 3. The summed E-state index contributed by atoms with van der Waals surface area (Å²) >= 11 is 15.2. The van der Waals surface area contributed by atoms with Crippen molar-refractivity contribution in [1.29, 1.82) is 0 Å². The first-order chi connectivity index (χ1) is 21.7. The van der Waals surface area contributed by atoms with E-state index in [1.54, 1.807) is 72.8 Å². The number of carbonyl (C=O) groups excluding carboxylic acids is 3. The molecule has 7 nitrogen and oxygen atoms in total. The maximum atomic E-state index is 13.3. The number of thiazole rings is 1. The van der Waals surface area contributed by atoms with Crippen LogP contribution in [0.4, 0.5) is 10.8 Å². The predicted octanol–water partition coefficient (Wildman–Crippen LogP) is 8.57. The van der Waals surface area contributed by atoms with Crippen LogP contribution in [-0.4, -0.2) is 28.5 Å². The number of amides is 3. The number of thioether (sulfide) groups is 1. The number of nitrogens with one attached hydrogen (secondary N) is 3. The summed E-state index contributed by atoms with van der Waals surface area (Å²) in [5.41, 5.74) is 3.26. The molecule has 226 valence electrons. The summed E-state index contributed by atoms with van der Waals surface area (Å²) < 4.78 is 0. The average Bonchev–Trinajstić information content (AvgIpc) is 3.41. The minimum atomic E-state index is -0.543. The molecule has 5 aromatic rings. The van der Waals surface area contributed by atoms with Crippen LogP contribution in [0.25, 0.3) is 17.3 Å². The molecule has 0 aliphatic carbocycles. The number of hydrogen-bond acceptors (Lipinski definition) is 6. The lowest BCUT2D eigenvalue weighted by atomic mass is 10.1. The summed E-state index contributed by atoms with van der Waals surface area (Å²) in [7, 11) is 0. The van der Waals surface area contributed by atoms with E-state index >= 15 is 0 Å². The van der Waals surface area contributed by atoms with Crippen molar-refractivity contribution in [2.45, 2.75) is 11.8 Å². The van der Waals surface area contributed by atoms with Gasteiger partial charge in [-0.25, -0.2) is 4.98 Å². The van der Waals surface area contributed by atoms with Gasteiger partial charge in [0.25, 0.3) is 11.8 Å². The molecule has 0 aliphatic heterocycles. The summed E-state index contributed by atoms with van der Waals surface area (Å²) in [5.74, 6) is -0.976. The van der Waals surface area contributed by atoms with E-state index in [1.165, 1.54) is 29.2 Å². The van der Waals surface area contributed by atoms with Gasteiger partial charge in [0.2, 0.25) is 5.91 Å². The molecule has 1 heterocycles. The highest BCUT2D eigenvalue weighted by atomic mass is 35.5. The molecule has 45 heavy (non-hydrogen) atoms. The van der Waals surface area contributed by atoms with E-state index in [9.17, 15) is 14.4 Å². The van der Waals surface area contributed by atoms with Gasteiger partial charge >= 0.3 is 0 Å². The Morgan fingerprint density at radius 3 is 2.24 bits per heavy atom. The second kappa shape index (κ2) is 15.0. The Balaban J connectivity index is 1.21. The Bertz CT molecular complexity index is 1860. The molecule has 0 atom stereocenters. The predicted molar refractivity (Wildman–Crippen MR) is 185 cm³/mol. The molecule has 0 saturated heterocycles. The quantitative estimate of drug-likeness (QED) is 0.102. The highest BCUT2D eigenvalue weighted by molar-refractivity contribution is 8.00. The van der Waals surface area contributed by atoms with E-state index in [2.05, 4.69) is 20.9 Å². The molecule has 11 heteroatoms. The van der Waals surface area contributed by atoms with Crippen molar-refractivity contribution in [2.75, 3.05) is 16.4 Å². The summed E-state index contributed by atoms with van der Waals surface area (Å²) in [6.45, 7) is 1.98. The smallest absolute Gasteiger partial charge is 0.272 e. The third-order valence-corrected chi connectivity index (χ3v) is 8.82. The highest BCUT2D eigenvalue weighted by Gasteiger charge is 2.17. The Morgan fingerprint density at radius 2 is 1.56 bits per heavy atom. The summed E-state index contributed by atoms with van der Waals surface area (Å²) in [6.07, 6.45) is 1.49. The zero-order chi connectivity index (χ0) is 31.8. The van der Waals surface area contributed by atoms with Crippen LogP contribution in [0.3, 0.4) is 0 Å². The van der Waals surface area contributed by atoms with Gasteiger partial charge in [0.05, 0.1) is 11.4 Å². The lowest BCUT2D eigenvalue weighted by Gasteiger charge is -2.12. The van der Waals surface area contributed by atoms with Gasteiger partial charge in [0.15, 0.2) is 5.13 Å². The number of benzene rings is 4. The summed E-state index contributed by atoms with van der Waals surface area (Å²) in [5, 5.41) is 9.71. The number of aryl methyl sites for hydroxylation is 1. The van der Waals surface area contributed by atoms with Crippen molar-refractivity contribution < 1.29 is 14.4 Å². The maximum absolute atomic E-state index is 13.3. The molecule has 3 N–H and O–H groups in total. The first kappa shape index (κ1) is 32.0. The van der Waals surface area contributed by atoms with E-state index in [1.807, 2.05) is 37.3 Å². The normalized spacial score (nSPS) is 11.1. The molecule has 4 aromatic carbocycles. The fourth-order valence-corrected chi connectivity index (χ4v) is 6.18. The summed E-state index contributed by atoms with van der Waals surface area (Å²) in [6, 6.07) is 30.3. The number of nitrogens with zero attached hydrogens (tertiary/aromatic N) is 1. The first-order valence-corrected chi connectivity index (χ1v) is 16.2. The minimum absolute atomic E-state index is 0.00366. The van der Waals surface area contributed by atoms with Crippen LogP contribution >= 0.6 is 46.3 Å². The molecular formula is C34H26Cl2N4O3S2. The van der Waals surface area contributed by atoms with Crippen molar-refractivity contribution >= 4 is 80.9 Å². The average molecular weight is 674 g/mol. The Kier molecular flexibility index (Phi) is 10.7. The largest absolute Gasteiger partial charge is 0.321 e. The Morgan fingerprint density at radius 1 is 0.867 bits per heavy atom. The zero-order valence-corrected chi connectivity index (χ0v) is 27.0. The zero-order valence-electron chi connectivity index (χ0n) is 23.8. The number of anilines is 2. The fourth-order valence-electron chi connectivity index (χ4n) is 4.17. The van der Waals surface area contributed by atoms with Gasteiger partial charge in [0.1, 0.15) is 5.70 Å². The van der Waals surface area contributed by atoms with Gasteiger partial charge in [-0.1, -0.05) is 77.8 Å². The van der Waals surface area contributed by atoms with Gasteiger partial charge in [-0.3, -0.25) is 14.4 Å². The van der Waals surface area contributed by atoms with Crippen LogP contribution in [0.15, 0.2) is 114 Å². The van der Waals surface area contributed by atoms with Crippen LogP contribution in [0.5, 0.6) is 0 Å². The molecule has 1 aromatic heterocycles. The van der Waals surface area contributed by atoms with Gasteiger partial charge < -0.3 is 16.0 Å². The number of rotatable bonds is 10. The highest BCUT2D eigenvalue weighted by Crippen LogP contribution is 2.30. The van der Waals surface area contributed by atoms with Gasteiger partial charge in [-0.2, -0.15) is 0 Å². The SMILES string of the molecule is Cc1sc(NC(=O)CSc2ccc(NC(=O)/C(=C/c3ccc(Cl)cc3Cl)NC(=O)c3ccccc3)cc2)nc1-c1ccccc1. The van der Waals surface area contributed by atoms with Crippen LogP contribution < -0.4 is 16.0 Å². The van der Waals surface area contributed by atoms with E-state index < -0.39 is 11.8 Å². The second-order valence-corrected chi connectivity index (χ2v) is 12.7. The van der Waals surface area contributed by atoms with E-state index in [-0.39, 0.29) is 17.4 Å². The molecule has 3 amide bonds. The Hall–Kier alpha value is -4.41. The number of carbonyl (C=O) groups is 3. The molecule has 0 aliphatic rings.